The van der Waals surface area contributed by atoms with Crippen molar-refractivity contribution in [2.45, 2.75) is 44.8 Å². The summed E-state index contributed by atoms with van der Waals surface area (Å²) in [5, 5.41) is 3.87. The molecule has 3 rings (SSSR count). The molecule has 0 aliphatic rings. The van der Waals surface area contributed by atoms with Crippen molar-refractivity contribution in [3.63, 3.8) is 0 Å². The number of nitrogens with zero attached hydrogens (tertiary/aromatic N) is 3. The van der Waals surface area contributed by atoms with E-state index in [0.717, 1.165) is 26.6 Å². The number of thioether (sulfide) groups is 1. The largest absolute Gasteiger partial charge is 0.337 e. The van der Waals surface area contributed by atoms with Gasteiger partial charge in [0, 0.05) is 17.5 Å². The average Bonchev–Trinajstić information content (AvgIpc) is 3.13. The topological polar surface area (TPSA) is 46.1 Å². The zero-order valence-electron chi connectivity index (χ0n) is 15.5. The Morgan fingerprint density at radius 3 is 2.46 bits per heavy atom. The smallest absolute Gasteiger partial charge is 0.233 e. The zero-order chi connectivity index (χ0) is 18.7. The Balaban J connectivity index is 1.90. The molecule has 136 valence electrons. The van der Waals surface area contributed by atoms with Gasteiger partial charge in [0.2, 0.25) is 5.91 Å². The second-order valence-electron chi connectivity index (χ2n) is 6.62. The predicted octanol–water partition coefficient (Wildman–Crippen LogP) is 5.10. The van der Waals surface area contributed by atoms with Gasteiger partial charge in [0.15, 0.2) is 5.82 Å². The summed E-state index contributed by atoms with van der Waals surface area (Å²) >= 11 is 3.12. The van der Waals surface area contributed by atoms with Crippen molar-refractivity contribution in [2.24, 2.45) is 0 Å². The highest BCUT2D eigenvalue weighted by atomic mass is 32.2. The Morgan fingerprint density at radius 1 is 1.08 bits per heavy atom. The third kappa shape index (κ3) is 4.07. The average molecular weight is 386 g/mol. The molecular formula is C20H23N3OS2. The molecule has 0 saturated carbocycles. The number of hydrogen-bond donors (Lipinski definition) is 0. The predicted molar refractivity (Wildman–Crippen MR) is 111 cm³/mol. The maximum absolute atomic E-state index is 12.7. The Kier molecular flexibility index (Phi) is 5.94. The molecule has 0 N–H and O–H groups in total. The van der Waals surface area contributed by atoms with Crippen LogP contribution in [0.5, 0.6) is 0 Å². The third-order valence-corrected chi connectivity index (χ3v) is 5.88. The molecule has 1 amide bonds. The Bertz CT molecular complexity index is 883. The fraction of sp³-hybridized carbons (Fsp3) is 0.350. The second kappa shape index (κ2) is 8.18. The molecule has 26 heavy (non-hydrogen) atoms. The molecular weight excluding hydrogens is 362 g/mol. The number of thiophene rings is 1. The first-order valence-electron chi connectivity index (χ1n) is 8.72. The van der Waals surface area contributed by atoms with Gasteiger partial charge in [0.25, 0.3) is 0 Å². The van der Waals surface area contributed by atoms with Crippen molar-refractivity contribution >= 4 is 39.9 Å². The maximum atomic E-state index is 12.7. The number of para-hydroxylation sites is 1. The quantitative estimate of drug-likeness (QED) is 0.438. The molecule has 3 aromatic rings. The number of hydrogen-bond acceptors (Lipinski definition) is 5. The van der Waals surface area contributed by atoms with Gasteiger partial charge in [-0.1, -0.05) is 36.0 Å². The minimum absolute atomic E-state index is 0.139. The number of fused-ring (bicyclic) bond motifs is 1. The molecule has 2 aromatic heterocycles. The standard InChI is InChI=1S/C20H23N3OS2/c1-13(2)23(14(3)4)18(24)12-26-20-15-8-5-6-9-16(15)21-19(22-20)17-10-7-11-25-17/h5-11,13-14H,12H2,1-4H3. The molecule has 0 fully saturated rings. The van der Waals surface area contributed by atoms with E-state index in [1.165, 1.54) is 11.8 Å². The van der Waals surface area contributed by atoms with Crippen LogP contribution in [-0.4, -0.2) is 38.6 Å². The van der Waals surface area contributed by atoms with E-state index in [1.807, 2.05) is 46.7 Å². The lowest BCUT2D eigenvalue weighted by Crippen LogP contribution is -2.43. The number of carbonyl (C=O) groups is 1. The molecule has 1 aromatic carbocycles. The summed E-state index contributed by atoms with van der Waals surface area (Å²) in [6.07, 6.45) is 0. The number of aromatic nitrogens is 2. The lowest BCUT2D eigenvalue weighted by molar-refractivity contribution is -0.131. The summed E-state index contributed by atoms with van der Waals surface area (Å²) in [5.74, 6) is 1.24. The van der Waals surface area contributed by atoms with Gasteiger partial charge in [-0.2, -0.15) is 0 Å². The van der Waals surface area contributed by atoms with E-state index in [4.69, 9.17) is 4.98 Å². The van der Waals surface area contributed by atoms with E-state index in [0.29, 0.717) is 5.75 Å². The summed E-state index contributed by atoms with van der Waals surface area (Å²) < 4.78 is 0. The first-order chi connectivity index (χ1) is 12.5. The molecule has 0 radical (unpaired) electrons. The van der Waals surface area contributed by atoms with Gasteiger partial charge in [-0.15, -0.1) is 11.3 Å². The monoisotopic (exact) mass is 385 g/mol. The highest BCUT2D eigenvalue weighted by Gasteiger charge is 2.21. The first kappa shape index (κ1) is 18.9. The van der Waals surface area contributed by atoms with Crippen LogP contribution in [0.1, 0.15) is 27.7 Å². The molecule has 4 nitrogen and oxygen atoms in total. The van der Waals surface area contributed by atoms with Crippen LogP contribution in [0.25, 0.3) is 21.6 Å². The van der Waals surface area contributed by atoms with Crippen LogP contribution in [0, 0.1) is 0 Å². The molecule has 6 heteroatoms. The third-order valence-electron chi connectivity index (χ3n) is 4.04. The van der Waals surface area contributed by atoms with Crippen molar-refractivity contribution in [2.75, 3.05) is 5.75 Å². The molecule has 0 atom stereocenters. The summed E-state index contributed by atoms with van der Waals surface area (Å²) in [6, 6.07) is 12.4. The van der Waals surface area contributed by atoms with E-state index >= 15 is 0 Å². The van der Waals surface area contributed by atoms with Gasteiger partial charge in [-0.05, 0) is 45.2 Å². The van der Waals surface area contributed by atoms with Crippen LogP contribution >= 0.6 is 23.1 Å². The molecule has 0 aliphatic carbocycles. The molecule has 0 saturated heterocycles. The van der Waals surface area contributed by atoms with Gasteiger partial charge < -0.3 is 4.90 Å². The van der Waals surface area contributed by atoms with Gasteiger partial charge in [-0.3, -0.25) is 4.79 Å². The fourth-order valence-corrected chi connectivity index (χ4v) is 4.60. The van der Waals surface area contributed by atoms with Crippen LogP contribution in [-0.2, 0) is 4.79 Å². The Hall–Kier alpha value is -1.92. The van der Waals surface area contributed by atoms with E-state index in [-0.39, 0.29) is 18.0 Å². The fourth-order valence-electron chi connectivity index (χ4n) is 3.05. The van der Waals surface area contributed by atoms with Crippen LogP contribution in [0.2, 0.25) is 0 Å². The van der Waals surface area contributed by atoms with Crippen LogP contribution < -0.4 is 0 Å². The Labute approximate surface area is 162 Å². The molecule has 0 aliphatic heterocycles. The summed E-state index contributed by atoms with van der Waals surface area (Å²) in [6.45, 7) is 8.21. The molecule has 0 bridgehead atoms. The number of amides is 1. The van der Waals surface area contributed by atoms with E-state index in [9.17, 15) is 4.79 Å². The summed E-state index contributed by atoms with van der Waals surface area (Å²) in [5.41, 5.74) is 0.908. The van der Waals surface area contributed by atoms with Crippen molar-refractivity contribution in [1.82, 2.24) is 14.9 Å². The lowest BCUT2D eigenvalue weighted by atomic mass is 10.2. The van der Waals surface area contributed by atoms with Crippen molar-refractivity contribution in [3.8, 4) is 10.7 Å². The molecule has 0 unspecified atom stereocenters. The first-order valence-corrected chi connectivity index (χ1v) is 10.6. The van der Waals surface area contributed by atoms with Crippen LogP contribution in [0.15, 0.2) is 46.8 Å². The molecule has 0 spiro atoms. The van der Waals surface area contributed by atoms with Crippen molar-refractivity contribution in [3.05, 3.63) is 41.8 Å². The summed E-state index contributed by atoms with van der Waals surface area (Å²) in [4.78, 5) is 25.1. The van der Waals surface area contributed by atoms with Gasteiger partial charge in [-0.25, -0.2) is 9.97 Å². The van der Waals surface area contributed by atoms with Gasteiger partial charge in [0.05, 0.1) is 16.1 Å². The SMILES string of the molecule is CC(C)N(C(=O)CSc1nc(-c2cccs2)nc2ccccc12)C(C)C. The minimum atomic E-state index is 0.139. The van der Waals surface area contributed by atoms with Crippen molar-refractivity contribution < 1.29 is 4.79 Å². The maximum Gasteiger partial charge on any atom is 0.233 e. The normalized spacial score (nSPS) is 11.5. The van der Waals surface area contributed by atoms with Gasteiger partial charge in [0.1, 0.15) is 5.03 Å². The lowest BCUT2D eigenvalue weighted by Gasteiger charge is -2.30. The van der Waals surface area contributed by atoms with E-state index < -0.39 is 0 Å². The summed E-state index contributed by atoms with van der Waals surface area (Å²) in [7, 11) is 0. The number of benzene rings is 1. The molecule has 2 heterocycles. The van der Waals surface area contributed by atoms with E-state index in [1.54, 1.807) is 11.3 Å². The highest BCUT2D eigenvalue weighted by molar-refractivity contribution is 8.00. The van der Waals surface area contributed by atoms with Gasteiger partial charge >= 0.3 is 0 Å². The van der Waals surface area contributed by atoms with E-state index in [2.05, 4.69) is 32.7 Å². The highest BCUT2D eigenvalue weighted by Crippen LogP contribution is 2.30. The minimum Gasteiger partial charge on any atom is -0.337 e. The van der Waals surface area contributed by atoms with Crippen molar-refractivity contribution in [1.29, 1.82) is 0 Å². The zero-order valence-corrected chi connectivity index (χ0v) is 17.1. The van der Waals surface area contributed by atoms with Crippen LogP contribution in [0.3, 0.4) is 0 Å². The van der Waals surface area contributed by atoms with Crippen LogP contribution in [0.4, 0.5) is 0 Å². The number of rotatable bonds is 6. The second-order valence-corrected chi connectivity index (χ2v) is 8.54. The Morgan fingerprint density at radius 2 is 1.81 bits per heavy atom. The number of carbonyl (C=O) groups excluding carboxylic acids is 1.